The number of carbonyl (C=O) groups excluding carboxylic acids is 2. The van der Waals surface area contributed by atoms with E-state index in [0.717, 1.165) is 4.47 Å². The Morgan fingerprint density at radius 3 is 2.33 bits per heavy atom. The standard InChI is InChI=1S/C21H16BrN3O4S/c1-11-23-24-21(30-11)25-17(12-3-7-14(22)8-4-12)16(19(27)20(25)28)18(26)13-5-9-15(29-2)10-6-13/h3-10,17,26H,1-2H3/b18-16-. The molecule has 1 saturated heterocycles. The normalized spacial score (nSPS) is 18.1. The van der Waals surface area contributed by atoms with Crippen molar-refractivity contribution >= 4 is 49.8 Å². The Morgan fingerprint density at radius 1 is 1.10 bits per heavy atom. The molecule has 9 heteroatoms. The Bertz CT molecular complexity index is 1160. The van der Waals surface area contributed by atoms with Crippen molar-refractivity contribution in [3.63, 3.8) is 0 Å². The Morgan fingerprint density at radius 2 is 1.77 bits per heavy atom. The number of anilines is 1. The van der Waals surface area contributed by atoms with Crippen molar-refractivity contribution < 1.29 is 19.4 Å². The second-order valence-electron chi connectivity index (χ2n) is 6.55. The van der Waals surface area contributed by atoms with E-state index in [2.05, 4.69) is 26.1 Å². The average molecular weight is 486 g/mol. The van der Waals surface area contributed by atoms with Crippen LogP contribution >= 0.6 is 27.3 Å². The largest absolute Gasteiger partial charge is 0.507 e. The van der Waals surface area contributed by atoms with E-state index in [1.807, 2.05) is 12.1 Å². The van der Waals surface area contributed by atoms with Crippen LogP contribution < -0.4 is 9.64 Å². The molecule has 2 aromatic carbocycles. The molecule has 30 heavy (non-hydrogen) atoms. The molecule has 7 nitrogen and oxygen atoms in total. The third-order valence-electron chi connectivity index (χ3n) is 4.72. The minimum atomic E-state index is -0.826. The van der Waals surface area contributed by atoms with E-state index in [0.29, 0.717) is 27.0 Å². The van der Waals surface area contributed by atoms with Gasteiger partial charge < -0.3 is 9.84 Å². The maximum atomic E-state index is 13.0. The summed E-state index contributed by atoms with van der Waals surface area (Å²) < 4.78 is 6.00. The first kappa shape index (κ1) is 20.2. The maximum absolute atomic E-state index is 13.0. The second kappa shape index (κ2) is 8.00. The first-order valence-corrected chi connectivity index (χ1v) is 10.5. The highest BCUT2D eigenvalue weighted by molar-refractivity contribution is 9.10. The summed E-state index contributed by atoms with van der Waals surface area (Å²) in [6, 6.07) is 13.0. The van der Waals surface area contributed by atoms with E-state index in [1.54, 1.807) is 43.3 Å². The molecule has 0 radical (unpaired) electrons. The van der Waals surface area contributed by atoms with Gasteiger partial charge in [-0.25, -0.2) is 0 Å². The molecular weight excluding hydrogens is 470 g/mol. The van der Waals surface area contributed by atoms with Crippen LogP contribution in [-0.2, 0) is 9.59 Å². The summed E-state index contributed by atoms with van der Waals surface area (Å²) in [6.07, 6.45) is 0. The van der Waals surface area contributed by atoms with E-state index in [-0.39, 0.29) is 11.3 Å². The fraction of sp³-hybridized carbons (Fsp3) is 0.143. The van der Waals surface area contributed by atoms with Gasteiger partial charge >= 0.3 is 5.91 Å². The molecule has 1 aromatic heterocycles. The van der Waals surface area contributed by atoms with Crippen LogP contribution in [0.25, 0.3) is 5.76 Å². The van der Waals surface area contributed by atoms with Crippen molar-refractivity contribution in [1.82, 2.24) is 10.2 Å². The van der Waals surface area contributed by atoms with Crippen molar-refractivity contribution in [2.75, 3.05) is 12.0 Å². The zero-order valence-corrected chi connectivity index (χ0v) is 18.4. The Labute approximate surface area is 184 Å². The Kier molecular flexibility index (Phi) is 5.40. The quantitative estimate of drug-likeness (QED) is 0.337. The van der Waals surface area contributed by atoms with Gasteiger partial charge in [0.05, 0.1) is 18.7 Å². The van der Waals surface area contributed by atoms with Crippen LogP contribution in [0.1, 0.15) is 22.2 Å². The molecule has 1 atom stereocenters. The number of aryl methyl sites for hydroxylation is 1. The third-order valence-corrected chi connectivity index (χ3v) is 6.08. The van der Waals surface area contributed by atoms with Gasteiger partial charge in [-0.1, -0.05) is 39.4 Å². The van der Waals surface area contributed by atoms with Crippen LogP contribution in [0.15, 0.2) is 58.6 Å². The summed E-state index contributed by atoms with van der Waals surface area (Å²) in [6.45, 7) is 1.77. The van der Waals surface area contributed by atoms with E-state index in [1.165, 1.54) is 23.3 Å². The molecular formula is C21H16BrN3O4S. The number of aliphatic hydroxyl groups excluding tert-OH is 1. The van der Waals surface area contributed by atoms with Crippen LogP contribution in [0.4, 0.5) is 5.13 Å². The molecule has 0 aliphatic carbocycles. The number of amides is 1. The van der Waals surface area contributed by atoms with Gasteiger partial charge in [-0.2, -0.15) is 0 Å². The maximum Gasteiger partial charge on any atom is 0.301 e. The highest BCUT2D eigenvalue weighted by Gasteiger charge is 2.48. The van der Waals surface area contributed by atoms with Gasteiger partial charge in [0.1, 0.15) is 16.5 Å². The minimum absolute atomic E-state index is 0.000317. The predicted octanol–water partition coefficient (Wildman–Crippen LogP) is 4.24. The predicted molar refractivity (Wildman–Crippen MR) is 117 cm³/mol. The van der Waals surface area contributed by atoms with Crippen molar-refractivity contribution in [1.29, 1.82) is 0 Å². The lowest BCUT2D eigenvalue weighted by molar-refractivity contribution is -0.132. The lowest BCUT2D eigenvalue weighted by Crippen LogP contribution is -2.29. The summed E-state index contributed by atoms with van der Waals surface area (Å²) >= 11 is 4.60. The number of nitrogens with zero attached hydrogens (tertiary/aromatic N) is 3. The number of ketones is 1. The van der Waals surface area contributed by atoms with E-state index >= 15 is 0 Å². The van der Waals surface area contributed by atoms with Gasteiger partial charge in [-0.15, -0.1) is 10.2 Å². The van der Waals surface area contributed by atoms with E-state index < -0.39 is 17.7 Å². The fourth-order valence-corrected chi connectivity index (χ4v) is 4.26. The van der Waals surface area contributed by atoms with Crippen LogP contribution in [-0.4, -0.2) is 34.1 Å². The van der Waals surface area contributed by atoms with Crippen molar-refractivity contribution in [2.45, 2.75) is 13.0 Å². The van der Waals surface area contributed by atoms with Gasteiger partial charge in [0.15, 0.2) is 0 Å². The lowest BCUT2D eigenvalue weighted by atomic mass is 9.95. The fourth-order valence-electron chi connectivity index (χ4n) is 3.28. The monoisotopic (exact) mass is 485 g/mol. The number of aromatic nitrogens is 2. The molecule has 1 N–H and O–H groups in total. The van der Waals surface area contributed by atoms with Gasteiger partial charge in [-0.05, 0) is 48.9 Å². The van der Waals surface area contributed by atoms with Crippen molar-refractivity contribution in [3.05, 3.63) is 74.7 Å². The summed E-state index contributed by atoms with van der Waals surface area (Å²) in [7, 11) is 1.54. The number of Topliss-reactive ketones (excluding diaryl/α,β-unsaturated/α-hetero) is 1. The minimum Gasteiger partial charge on any atom is -0.507 e. The molecule has 4 rings (SSSR count). The van der Waals surface area contributed by atoms with Crippen molar-refractivity contribution in [2.24, 2.45) is 0 Å². The number of benzene rings is 2. The van der Waals surface area contributed by atoms with Crippen molar-refractivity contribution in [3.8, 4) is 5.75 Å². The number of carbonyl (C=O) groups is 2. The molecule has 3 aromatic rings. The molecule has 1 aliphatic rings. The molecule has 2 heterocycles. The van der Waals surface area contributed by atoms with Gasteiger partial charge in [-0.3, -0.25) is 14.5 Å². The molecule has 1 amide bonds. The highest BCUT2D eigenvalue weighted by Crippen LogP contribution is 2.43. The number of aliphatic hydroxyl groups is 1. The first-order chi connectivity index (χ1) is 14.4. The molecule has 1 unspecified atom stereocenters. The number of hydrogen-bond donors (Lipinski definition) is 1. The number of halogens is 1. The zero-order valence-electron chi connectivity index (χ0n) is 16.0. The van der Waals surface area contributed by atoms with Gasteiger partial charge in [0.25, 0.3) is 5.78 Å². The molecule has 0 saturated carbocycles. The van der Waals surface area contributed by atoms with Crippen LogP contribution in [0.2, 0.25) is 0 Å². The Balaban J connectivity index is 1.91. The van der Waals surface area contributed by atoms with E-state index in [4.69, 9.17) is 4.74 Å². The summed E-state index contributed by atoms with van der Waals surface area (Å²) in [5.74, 6) is -1.17. The number of ether oxygens (including phenoxy) is 1. The van der Waals surface area contributed by atoms with E-state index in [9.17, 15) is 14.7 Å². The molecule has 0 bridgehead atoms. The van der Waals surface area contributed by atoms with Crippen LogP contribution in [0.3, 0.4) is 0 Å². The first-order valence-electron chi connectivity index (χ1n) is 8.91. The molecule has 1 fully saturated rings. The summed E-state index contributed by atoms with van der Waals surface area (Å²) in [4.78, 5) is 27.2. The lowest BCUT2D eigenvalue weighted by Gasteiger charge is -2.22. The Hall–Kier alpha value is -3.04. The van der Waals surface area contributed by atoms with Crippen LogP contribution in [0.5, 0.6) is 5.75 Å². The van der Waals surface area contributed by atoms with Gasteiger partial charge in [0, 0.05) is 10.0 Å². The average Bonchev–Trinajstić information content (AvgIpc) is 3.29. The number of hydrogen-bond acceptors (Lipinski definition) is 7. The molecule has 0 spiro atoms. The SMILES string of the molecule is COc1ccc(/C(O)=C2/C(=O)C(=O)N(c3nnc(C)s3)C2c2ccc(Br)cc2)cc1. The highest BCUT2D eigenvalue weighted by atomic mass is 79.9. The second-order valence-corrected chi connectivity index (χ2v) is 8.63. The zero-order chi connectivity index (χ0) is 21.4. The third kappa shape index (κ3) is 3.50. The molecule has 152 valence electrons. The topological polar surface area (TPSA) is 92.6 Å². The smallest absolute Gasteiger partial charge is 0.301 e. The summed E-state index contributed by atoms with van der Waals surface area (Å²) in [5.41, 5.74) is 1.07. The van der Waals surface area contributed by atoms with Gasteiger partial charge in [0.2, 0.25) is 5.13 Å². The number of rotatable bonds is 4. The summed E-state index contributed by atoms with van der Waals surface area (Å²) in [5, 5.41) is 20.0. The number of methoxy groups -OCH3 is 1. The van der Waals surface area contributed by atoms with Crippen LogP contribution in [0, 0.1) is 6.92 Å². The molecule has 1 aliphatic heterocycles.